The normalized spacial score (nSPS) is 10.2. The minimum atomic E-state index is 0.761. The number of benzene rings is 2. The topological polar surface area (TPSA) is 9.23 Å². The molecule has 1 nitrogen and oxygen atoms in total. The van der Waals surface area contributed by atoms with Crippen molar-refractivity contribution in [1.82, 2.24) is 0 Å². The molecular weight excluding hydrogens is 220 g/mol. The SMILES string of the molecule is Cc1cccc(Oc2ccc(Cl)c(C)c2)c1. The van der Waals surface area contributed by atoms with Crippen LogP contribution in [0.4, 0.5) is 0 Å². The lowest BCUT2D eigenvalue weighted by atomic mass is 10.2. The second-order valence-electron chi connectivity index (χ2n) is 3.83. The van der Waals surface area contributed by atoms with Crippen molar-refractivity contribution >= 4 is 11.6 Å². The molecule has 0 aliphatic rings. The zero-order chi connectivity index (χ0) is 11.5. The predicted molar refractivity (Wildman–Crippen MR) is 67.4 cm³/mol. The highest BCUT2D eigenvalue weighted by Gasteiger charge is 2.00. The van der Waals surface area contributed by atoms with Gasteiger partial charge in [-0.05, 0) is 55.3 Å². The van der Waals surface area contributed by atoms with Crippen LogP contribution in [0.5, 0.6) is 11.5 Å². The zero-order valence-corrected chi connectivity index (χ0v) is 10.1. The molecule has 0 amide bonds. The maximum absolute atomic E-state index is 5.95. The van der Waals surface area contributed by atoms with E-state index in [0.717, 1.165) is 22.1 Å². The second kappa shape index (κ2) is 4.58. The first-order valence-corrected chi connectivity index (χ1v) is 5.53. The molecule has 82 valence electrons. The fourth-order valence-corrected chi connectivity index (χ4v) is 1.61. The van der Waals surface area contributed by atoms with E-state index in [1.165, 1.54) is 5.56 Å². The van der Waals surface area contributed by atoms with Crippen LogP contribution < -0.4 is 4.74 Å². The average molecular weight is 233 g/mol. The van der Waals surface area contributed by atoms with Gasteiger partial charge in [0.2, 0.25) is 0 Å². The number of halogens is 1. The van der Waals surface area contributed by atoms with E-state index in [2.05, 4.69) is 0 Å². The standard InChI is InChI=1S/C14H13ClO/c1-10-4-3-5-12(8-10)16-13-6-7-14(15)11(2)9-13/h3-9H,1-2H3. The first-order valence-electron chi connectivity index (χ1n) is 5.16. The third kappa shape index (κ3) is 2.56. The van der Waals surface area contributed by atoms with Crippen molar-refractivity contribution in [2.24, 2.45) is 0 Å². The van der Waals surface area contributed by atoms with Gasteiger partial charge in [-0.3, -0.25) is 0 Å². The number of rotatable bonds is 2. The van der Waals surface area contributed by atoms with Crippen LogP contribution in [0, 0.1) is 13.8 Å². The smallest absolute Gasteiger partial charge is 0.127 e. The molecule has 2 aromatic rings. The molecule has 0 saturated heterocycles. The molecule has 0 saturated carbocycles. The number of hydrogen-bond donors (Lipinski definition) is 0. The Hall–Kier alpha value is -1.47. The monoisotopic (exact) mass is 232 g/mol. The summed E-state index contributed by atoms with van der Waals surface area (Å²) in [5.74, 6) is 1.66. The van der Waals surface area contributed by atoms with Crippen molar-refractivity contribution < 1.29 is 4.74 Å². The molecule has 0 aliphatic heterocycles. The lowest BCUT2D eigenvalue weighted by Crippen LogP contribution is -1.85. The van der Waals surface area contributed by atoms with E-state index in [4.69, 9.17) is 16.3 Å². The van der Waals surface area contributed by atoms with Crippen molar-refractivity contribution in [1.29, 1.82) is 0 Å². The Morgan fingerprint density at radius 3 is 2.38 bits per heavy atom. The molecule has 0 aromatic heterocycles. The van der Waals surface area contributed by atoms with Gasteiger partial charge in [-0.15, -0.1) is 0 Å². The maximum atomic E-state index is 5.95. The summed E-state index contributed by atoms with van der Waals surface area (Å²) >= 11 is 5.95. The third-order valence-corrected chi connectivity index (χ3v) is 2.78. The minimum Gasteiger partial charge on any atom is -0.457 e. The highest BCUT2D eigenvalue weighted by molar-refractivity contribution is 6.31. The Balaban J connectivity index is 2.24. The number of ether oxygens (including phenoxy) is 1. The summed E-state index contributed by atoms with van der Waals surface area (Å²) in [6, 6.07) is 13.6. The Kier molecular flexibility index (Phi) is 3.16. The van der Waals surface area contributed by atoms with Crippen LogP contribution in [0.15, 0.2) is 42.5 Å². The molecule has 0 heterocycles. The molecule has 0 N–H and O–H groups in total. The van der Waals surface area contributed by atoms with E-state index in [-0.39, 0.29) is 0 Å². The molecule has 2 heteroatoms. The highest BCUT2D eigenvalue weighted by atomic mass is 35.5. The first kappa shape index (κ1) is 11.0. The lowest BCUT2D eigenvalue weighted by molar-refractivity contribution is 0.482. The maximum Gasteiger partial charge on any atom is 0.127 e. The number of hydrogen-bond acceptors (Lipinski definition) is 1. The Morgan fingerprint density at radius 2 is 1.69 bits per heavy atom. The average Bonchev–Trinajstić information content (AvgIpc) is 2.24. The molecule has 0 fully saturated rings. The van der Waals surface area contributed by atoms with Crippen LogP contribution >= 0.6 is 11.6 Å². The third-order valence-electron chi connectivity index (χ3n) is 2.35. The molecule has 2 rings (SSSR count). The fourth-order valence-electron chi connectivity index (χ4n) is 1.50. The molecule has 2 aromatic carbocycles. The first-order chi connectivity index (χ1) is 7.65. The van der Waals surface area contributed by atoms with E-state index in [1.807, 2.05) is 56.3 Å². The van der Waals surface area contributed by atoms with Crippen molar-refractivity contribution in [3.05, 3.63) is 58.6 Å². The summed E-state index contributed by atoms with van der Waals surface area (Å²) in [5.41, 5.74) is 2.20. The van der Waals surface area contributed by atoms with E-state index in [1.54, 1.807) is 0 Å². The largest absolute Gasteiger partial charge is 0.457 e. The van der Waals surface area contributed by atoms with Gasteiger partial charge < -0.3 is 4.74 Å². The van der Waals surface area contributed by atoms with Gasteiger partial charge in [0.05, 0.1) is 0 Å². The fraction of sp³-hybridized carbons (Fsp3) is 0.143. The van der Waals surface area contributed by atoms with Crippen molar-refractivity contribution in [2.45, 2.75) is 13.8 Å². The zero-order valence-electron chi connectivity index (χ0n) is 9.33. The predicted octanol–water partition coefficient (Wildman–Crippen LogP) is 4.75. The van der Waals surface area contributed by atoms with Gasteiger partial charge in [0.15, 0.2) is 0 Å². The van der Waals surface area contributed by atoms with Crippen LogP contribution in [-0.2, 0) is 0 Å². The molecule has 0 bridgehead atoms. The van der Waals surface area contributed by atoms with Gasteiger partial charge in [-0.25, -0.2) is 0 Å². The van der Waals surface area contributed by atoms with Crippen molar-refractivity contribution in [3.8, 4) is 11.5 Å². The van der Waals surface area contributed by atoms with Crippen LogP contribution in [0.3, 0.4) is 0 Å². The van der Waals surface area contributed by atoms with Crippen LogP contribution in [0.1, 0.15) is 11.1 Å². The molecule has 0 unspecified atom stereocenters. The van der Waals surface area contributed by atoms with Crippen LogP contribution in [-0.4, -0.2) is 0 Å². The number of aryl methyl sites for hydroxylation is 2. The summed E-state index contributed by atoms with van der Waals surface area (Å²) in [6.45, 7) is 4.01. The van der Waals surface area contributed by atoms with E-state index >= 15 is 0 Å². The minimum absolute atomic E-state index is 0.761. The van der Waals surface area contributed by atoms with Gasteiger partial charge in [-0.1, -0.05) is 23.7 Å². The van der Waals surface area contributed by atoms with E-state index < -0.39 is 0 Å². The van der Waals surface area contributed by atoms with E-state index in [9.17, 15) is 0 Å². The molecular formula is C14H13ClO. The quantitative estimate of drug-likeness (QED) is 0.726. The molecule has 0 radical (unpaired) electrons. The van der Waals surface area contributed by atoms with Crippen LogP contribution in [0.2, 0.25) is 5.02 Å². The van der Waals surface area contributed by atoms with E-state index in [0.29, 0.717) is 0 Å². The van der Waals surface area contributed by atoms with Crippen molar-refractivity contribution in [3.63, 3.8) is 0 Å². The van der Waals surface area contributed by atoms with Gasteiger partial charge in [0.1, 0.15) is 11.5 Å². The summed E-state index contributed by atoms with van der Waals surface area (Å²) in [6.07, 6.45) is 0. The summed E-state index contributed by atoms with van der Waals surface area (Å²) in [5, 5.41) is 0.761. The molecule has 0 spiro atoms. The van der Waals surface area contributed by atoms with Crippen LogP contribution in [0.25, 0.3) is 0 Å². The summed E-state index contributed by atoms with van der Waals surface area (Å²) in [7, 11) is 0. The van der Waals surface area contributed by atoms with Gasteiger partial charge in [0, 0.05) is 5.02 Å². The molecule has 16 heavy (non-hydrogen) atoms. The van der Waals surface area contributed by atoms with Gasteiger partial charge >= 0.3 is 0 Å². The van der Waals surface area contributed by atoms with Gasteiger partial charge in [0.25, 0.3) is 0 Å². The van der Waals surface area contributed by atoms with Crippen molar-refractivity contribution in [2.75, 3.05) is 0 Å². The summed E-state index contributed by atoms with van der Waals surface area (Å²) in [4.78, 5) is 0. The Labute approximate surface area is 101 Å². The second-order valence-corrected chi connectivity index (χ2v) is 4.24. The Bertz CT molecular complexity index is 506. The molecule has 0 aliphatic carbocycles. The molecule has 0 atom stereocenters. The van der Waals surface area contributed by atoms with Gasteiger partial charge in [-0.2, -0.15) is 0 Å². The highest BCUT2D eigenvalue weighted by Crippen LogP contribution is 2.26. The lowest BCUT2D eigenvalue weighted by Gasteiger charge is -2.07. The Morgan fingerprint density at radius 1 is 0.938 bits per heavy atom. The summed E-state index contributed by atoms with van der Waals surface area (Å²) < 4.78 is 5.74.